The van der Waals surface area contributed by atoms with Gasteiger partial charge in [0.1, 0.15) is 6.04 Å². The molecule has 0 unspecified atom stereocenters. The normalized spacial score (nSPS) is 12.0. The molecule has 1 atom stereocenters. The van der Waals surface area contributed by atoms with Crippen LogP contribution >= 0.6 is 0 Å². The maximum Gasteiger partial charge on any atom is 0.407 e. The summed E-state index contributed by atoms with van der Waals surface area (Å²) < 4.78 is 5.25. The van der Waals surface area contributed by atoms with E-state index in [9.17, 15) is 9.59 Å². The van der Waals surface area contributed by atoms with Crippen molar-refractivity contribution < 1.29 is 14.3 Å². The van der Waals surface area contributed by atoms with Gasteiger partial charge in [0, 0.05) is 29.2 Å². The monoisotopic (exact) mass is 407 g/mol. The van der Waals surface area contributed by atoms with E-state index in [4.69, 9.17) is 4.74 Å². The molecular weight excluding hydrogens is 378 g/mol. The second-order valence-corrected chi connectivity index (χ2v) is 8.06. The lowest BCUT2D eigenvalue weighted by Crippen LogP contribution is -2.45. The van der Waals surface area contributed by atoms with Gasteiger partial charge in [-0.15, -0.1) is 0 Å². The summed E-state index contributed by atoms with van der Waals surface area (Å²) in [5.41, 5.74) is 4.69. The van der Waals surface area contributed by atoms with E-state index in [0.29, 0.717) is 13.0 Å². The summed E-state index contributed by atoms with van der Waals surface area (Å²) >= 11 is 0. The van der Waals surface area contributed by atoms with Gasteiger partial charge >= 0.3 is 6.09 Å². The van der Waals surface area contributed by atoms with Gasteiger partial charge < -0.3 is 20.4 Å². The van der Waals surface area contributed by atoms with Crippen LogP contribution in [-0.4, -0.2) is 29.6 Å². The van der Waals surface area contributed by atoms with E-state index < -0.39 is 12.1 Å². The molecule has 0 bridgehead atoms. The first-order chi connectivity index (χ1) is 14.3. The fraction of sp³-hybridized carbons (Fsp3) is 0.333. The van der Waals surface area contributed by atoms with Crippen molar-refractivity contribution in [2.45, 2.75) is 40.2 Å². The minimum absolute atomic E-state index is 0.214. The third-order valence-corrected chi connectivity index (χ3v) is 4.91. The number of carbonyl (C=O) groups is 2. The number of aromatic nitrogens is 1. The molecule has 3 aromatic rings. The molecule has 0 saturated carbocycles. The van der Waals surface area contributed by atoms with Crippen LogP contribution in [0.5, 0.6) is 0 Å². The lowest BCUT2D eigenvalue weighted by Gasteiger charge is -2.19. The third kappa shape index (κ3) is 5.41. The second kappa shape index (κ2) is 9.48. The maximum absolute atomic E-state index is 13.1. The van der Waals surface area contributed by atoms with Gasteiger partial charge in [-0.05, 0) is 48.6 Å². The van der Waals surface area contributed by atoms with Crippen molar-refractivity contribution in [3.8, 4) is 0 Å². The summed E-state index contributed by atoms with van der Waals surface area (Å²) in [6.45, 7) is 8.13. The Labute approximate surface area is 177 Å². The van der Waals surface area contributed by atoms with Gasteiger partial charge in [0.05, 0.1) is 6.61 Å². The average Bonchev–Trinajstić information content (AvgIpc) is 3.11. The van der Waals surface area contributed by atoms with Gasteiger partial charge in [-0.2, -0.15) is 0 Å². The molecule has 0 aliphatic heterocycles. The van der Waals surface area contributed by atoms with E-state index in [1.165, 1.54) is 0 Å². The molecule has 0 fully saturated rings. The van der Waals surface area contributed by atoms with Crippen LogP contribution in [0.1, 0.15) is 30.5 Å². The first-order valence-electron chi connectivity index (χ1n) is 10.2. The first-order valence-corrected chi connectivity index (χ1v) is 10.2. The molecule has 3 rings (SSSR count). The molecule has 6 heteroatoms. The fourth-order valence-corrected chi connectivity index (χ4v) is 3.25. The Morgan fingerprint density at radius 3 is 2.63 bits per heavy atom. The molecule has 1 heterocycles. The molecule has 2 aromatic carbocycles. The predicted molar refractivity (Wildman–Crippen MR) is 120 cm³/mol. The quantitative estimate of drug-likeness (QED) is 0.530. The predicted octanol–water partition coefficient (Wildman–Crippen LogP) is 4.72. The Bertz CT molecular complexity index is 1040. The zero-order chi connectivity index (χ0) is 21.7. The number of H-pyrrole nitrogens is 1. The van der Waals surface area contributed by atoms with Crippen LogP contribution < -0.4 is 10.6 Å². The van der Waals surface area contributed by atoms with Crippen molar-refractivity contribution >= 4 is 28.6 Å². The van der Waals surface area contributed by atoms with Crippen LogP contribution in [0.4, 0.5) is 10.5 Å². The number of aromatic amines is 1. The molecule has 2 amide bonds. The number of carbonyl (C=O) groups excluding carboxylic acids is 2. The van der Waals surface area contributed by atoms with Gasteiger partial charge in [0.2, 0.25) is 5.91 Å². The number of benzene rings is 2. The van der Waals surface area contributed by atoms with Crippen LogP contribution in [-0.2, 0) is 16.0 Å². The second-order valence-electron chi connectivity index (χ2n) is 8.06. The van der Waals surface area contributed by atoms with E-state index in [2.05, 4.69) is 15.6 Å². The molecule has 0 radical (unpaired) electrons. The summed E-state index contributed by atoms with van der Waals surface area (Å²) in [7, 11) is 0. The number of nitrogens with one attached hydrogen (secondary N) is 3. The summed E-state index contributed by atoms with van der Waals surface area (Å²) in [5.74, 6) is -0.0675. The van der Waals surface area contributed by atoms with Crippen molar-refractivity contribution in [2.75, 3.05) is 11.9 Å². The molecule has 0 aliphatic rings. The van der Waals surface area contributed by atoms with E-state index in [1.54, 1.807) is 0 Å². The van der Waals surface area contributed by atoms with Gasteiger partial charge in [-0.25, -0.2) is 4.79 Å². The Hall–Kier alpha value is -3.28. The molecule has 30 heavy (non-hydrogen) atoms. The van der Waals surface area contributed by atoms with Crippen LogP contribution in [0.3, 0.4) is 0 Å². The standard InChI is InChI=1S/C24H29N3O3/c1-15(2)14-30-24(29)27-22(12-18-13-25-20-8-6-5-7-19(18)20)23(28)26-21-11-16(3)9-10-17(21)4/h5-11,13,15,22,25H,12,14H2,1-4H3,(H,26,28)(H,27,29)/t22-/m0/s1. The summed E-state index contributed by atoms with van der Waals surface area (Å²) in [6, 6.07) is 13.0. The average molecular weight is 408 g/mol. The molecule has 0 spiro atoms. The number of aryl methyl sites for hydroxylation is 2. The van der Waals surface area contributed by atoms with Crippen molar-refractivity contribution in [3.63, 3.8) is 0 Å². The minimum atomic E-state index is -0.774. The number of fused-ring (bicyclic) bond motifs is 1. The minimum Gasteiger partial charge on any atom is -0.449 e. The Balaban J connectivity index is 1.81. The van der Waals surface area contributed by atoms with Crippen LogP contribution in [0.15, 0.2) is 48.7 Å². The number of para-hydroxylation sites is 1. The van der Waals surface area contributed by atoms with Gasteiger partial charge in [0.15, 0.2) is 0 Å². The van der Waals surface area contributed by atoms with E-state index in [1.807, 2.05) is 76.4 Å². The first kappa shape index (κ1) is 21.4. The Kier molecular flexibility index (Phi) is 6.77. The highest BCUT2D eigenvalue weighted by Gasteiger charge is 2.24. The van der Waals surface area contributed by atoms with Crippen molar-refractivity contribution in [1.82, 2.24) is 10.3 Å². The summed E-state index contributed by atoms with van der Waals surface area (Å²) in [5, 5.41) is 6.73. The molecule has 0 aliphatic carbocycles. The van der Waals surface area contributed by atoms with Crippen LogP contribution in [0, 0.1) is 19.8 Å². The lowest BCUT2D eigenvalue weighted by molar-refractivity contribution is -0.118. The number of anilines is 1. The van der Waals surface area contributed by atoms with Gasteiger partial charge in [-0.3, -0.25) is 4.79 Å². The number of ether oxygens (including phenoxy) is 1. The Morgan fingerprint density at radius 1 is 1.10 bits per heavy atom. The van der Waals surface area contributed by atoms with Crippen LogP contribution in [0.2, 0.25) is 0 Å². The van der Waals surface area contributed by atoms with E-state index in [0.717, 1.165) is 33.3 Å². The third-order valence-electron chi connectivity index (χ3n) is 4.91. The fourth-order valence-electron chi connectivity index (χ4n) is 3.25. The summed E-state index contributed by atoms with van der Waals surface area (Å²) in [4.78, 5) is 28.6. The number of amides is 2. The zero-order valence-corrected chi connectivity index (χ0v) is 17.9. The van der Waals surface area contributed by atoms with Gasteiger partial charge in [-0.1, -0.05) is 44.2 Å². The number of rotatable bonds is 7. The van der Waals surface area contributed by atoms with E-state index in [-0.39, 0.29) is 11.8 Å². The van der Waals surface area contributed by atoms with E-state index >= 15 is 0 Å². The van der Waals surface area contributed by atoms with Crippen molar-refractivity contribution in [2.24, 2.45) is 5.92 Å². The molecule has 3 N–H and O–H groups in total. The lowest BCUT2D eigenvalue weighted by atomic mass is 10.0. The van der Waals surface area contributed by atoms with Crippen molar-refractivity contribution in [3.05, 3.63) is 65.4 Å². The molecule has 6 nitrogen and oxygen atoms in total. The maximum atomic E-state index is 13.1. The van der Waals surface area contributed by atoms with Crippen LogP contribution in [0.25, 0.3) is 10.9 Å². The smallest absolute Gasteiger partial charge is 0.407 e. The molecular formula is C24H29N3O3. The largest absolute Gasteiger partial charge is 0.449 e. The SMILES string of the molecule is Cc1ccc(C)c(NC(=O)[C@H](Cc2c[nH]c3ccccc23)NC(=O)OCC(C)C)c1. The zero-order valence-electron chi connectivity index (χ0n) is 17.9. The number of hydrogen-bond acceptors (Lipinski definition) is 3. The highest BCUT2D eigenvalue weighted by molar-refractivity contribution is 5.98. The number of hydrogen-bond donors (Lipinski definition) is 3. The topological polar surface area (TPSA) is 83.2 Å². The highest BCUT2D eigenvalue weighted by Crippen LogP contribution is 2.21. The molecule has 158 valence electrons. The summed E-state index contributed by atoms with van der Waals surface area (Å²) in [6.07, 6.45) is 1.63. The Morgan fingerprint density at radius 2 is 1.87 bits per heavy atom. The molecule has 1 aromatic heterocycles. The number of alkyl carbamates (subject to hydrolysis) is 1. The molecule has 0 saturated heterocycles. The highest BCUT2D eigenvalue weighted by atomic mass is 16.5. The van der Waals surface area contributed by atoms with Crippen molar-refractivity contribution in [1.29, 1.82) is 0 Å². The van der Waals surface area contributed by atoms with Gasteiger partial charge in [0.25, 0.3) is 0 Å².